The van der Waals surface area contributed by atoms with Crippen LogP contribution >= 0.6 is 12.0 Å². The molecule has 0 amide bonds. The molecule has 18 heavy (non-hydrogen) atoms. The molecule has 0 atom stereocenters. The lowest BCUT2D eigenvalue weighted by Gasteiger charge is -2.07. The molecule has 0 aromatic heterocycles. The van der Waals surface area contributed by atoms with Crippen LogP contribution in [-0.4, -0.2) is 10.8 Å². The highest BCUT2D eigenvalue weighted by molar-refractivity contribution is 7.93. The van der Waals surface area contributed by atoms with Crippen molar-refractivity contribution in [3.63, 3.8) is 0 Å². The first kappa shape index (κ1) is 11.3. The zero-order valence-electron chi connectivity index (χ0n) is 9.46. The molecule has 0 unspecified atom stereocenters. The SMILES string of the molecule is O=Cc1c(SO)ccc2cc3ccccc3cc12. The second kappa shape index (κ2) is 4.44. The third kappa shape index (κ3) is 1.68. The lowest BCUT2D eigenvalue weighted by atomic mass is 10.0. The quantitative estimate of drug-likeness (QED) is 0.419. The van der Waals surface area contributed by atoms with Crippen LogP contribution in [0.3, 0.4) is 0 Å². The highest BCUT2D eigenvalue weighted by atomic mass is 32.2. The molecule has 0 saturated heterocycles. The van der Waals surface area contributed by atoms with Crippen LogP contribution in [0, 0.1) is 0 Å². The third-order valence-corrected chi connectivity index (χ3v) is 3.66. The highest BCUT2D eigenvalue weighted by Crippen LogP contribution is 2.30. The van der Waals surface area contributed by atoms with Crippen molar-refractivity contribution < 1.29 is 9.35 Å². The molecular formula is C15H10O2S. The summed E-state index contributed by atoms with van der Waals surface area (Å²) in [6.07, 6.45) is 0.801. The van der Waals surface area contributed by atoms with Gasteiger partial charge in [-0.25, -0.2) is 0 Å². The summed E-state index contributed by atoms with van der Waals surface area (Å²) < 4.78 is 9.18. The van der Waals surface area contributed by atoms with Crippen molar-refractivity contribution in [3.8, 4) is 0 Å². The molecule has 0 fully saturated rings. The first-order valence-electron chi connectivity index (χ1n) is 5.55. The largest absolute Gasteiger partial charge is 0.325 e. The average molecular weight is 254 g/mol. The number of aldehydes is 1. The summed E-state index contributed by atoms with van der Waals surface area (Å²) >= 11 is 0.609. The van der Waals surface area contributed by atoms with Crippen molar-refractivity contribution in [1.29, 1.82) is 0 Å². The monoisotopic (exact) mass is 254 g/mol. The van der Waals surface area contributed by atoms with E-state index in [0.29, 0.717) is 22.5 Å². The molecule has 0 heterocycles. The van der Waals surface area contributed by atoms with Crippen molar-refractivity contribution in [2.24, 2.45) is 0 Å². The molecule has 0 saturated carbocycles. The van der Waals surface area contributed by atoms with E-state index in [-0.39, 0.29) is 0 Å². The number of fused-ring (bicyclic) bond motifs is 2. The molecule has 0 aliphatic heterocycles. The van der Waals surface area contributed by atoms with E-state index in [0.717, 1.165) is 27.8 Å². The van der Waals surface area contributed by atoms with Crippen molar-refractivity contribution in [2.75, 3.05) is 0 Å². The van der Waals surface area contributed by atoms with Gasteiger partial charge in [-0.15, -0.1) is 0 Å². The molecule has 0 spiro atoms. The molecule has 0 radical (unpaired) electrons. The van der Waals surface area contributed by atoms with Crippen LogP contribution in [0.2, 0.25) is 0 Å². The van der Waals surface area contributed by atoms with Gasteiger partial charge < -0.3 is 4.55 Å². The van der Waals surface area contributed by atoms with Crippen LogP contribution in [-0.2, 0) is 0 Å². The van der Waals surface area contributed by atoms with Gasteiger partial charge in [-0.3, -0.25) is 4.79 Å². The Morgan fingerprint density at radius 1 is 0.944 bits per heavy atom. The van der Waals surface area contributed by atoms with Gasteiger partial charge in [0, 0.05) is 22.5 Å². The normalized spacial score (nSPS) is 10.9. The fraction of sp³-hybridized carbons (Fsp3) is 0. The van der Waals surface area contributed by atoms with Gasteiger partial charge in [0.05, 0.1) is 0 Å². The summed E-state index contributed by atoms with van der Waals surface area (Å²) in [6.45, 7) is 0. The first-order chi connectivity index (χ1) is 8.83. The van der Waals surface area contributed by atoms with Gasteiger partial charge in [0.15, 0.2) is 6.29 Å². The Bertz CT molecular complexity index is 750. The Balaban J connectivity index is 2.46. The van der Waals surface area contributed by atoms with Crippen LogP contribution in [0.1, 0.15) is 10.4 Å². The standard InChI is InChI=1S/C15H10O2S/c16-9-14-13-8-11-4-2-1-3-10(11)7-12(13)5-6-15(14)18-17/h1-9,17H. The van der Waals surface area contributed by atoms with Crippen LogP contribution in [0.25, 0.3) is 21.5 Å². The fourth-order valence-corrected chi connectivity index (χ4v) is 2.60. The van der Waals surface area contributed by atoms with Gasteiger partial charge in [-0.2, -0.15) is 0 Å². The van der Waals surface area contributed by atoms with Crippen molar-refractivity contribution in [1.82, 2.24) is 0 Å². The van der Waals surface area contributed by atoms with E-state index in [1.165, 1.54) is 0 Å². The highest BCUT2D eigenvalue weighted by Gasteiger charge is 2.08. The van der Waals surface area contributed by atoms with Gasteiger partial charge in [0.25, 0.3) is 0 Å². The Morgan fingerprint density at radius 3 is 2.33 bits per heavy atom. The van der Waals surface area contributed by atoms with Gasteiger partial charge in [-0.05, 0) is 39.7 Å². The van der Waals surface area contributed by atoms with E-state index < -0.39 is 0 Å². The molecule has 3 aromatic rings. The van der Waals surface area contributed by atoms with Gasteiger partial charge in [-0.1, -0.05) is 30.3 Å². The molecule has 0 aliphatic rings. The van der Waals surface area contributed by atoms with Crippen molar-refractivity contribution in [2.45, 2.75) is 4.90 Å². The summed E-state index contributed by atoms with van der Waals surface area (Å²) in [6, 6.07) is 15.8. The minimum Gasteiger partial charge on any atom is -0.325 e. The zero-order chi connectivity index (χ0) is 12.5. The molecule has 1 N–H and O–H groups in total. The Hall–Kier alpha value is -1.84. The number of hydrogen-bond donors (Lipinski definition) is 1. The number of rotatable bonds is 2. The lowest BCUT2D eigenvalue weighted by Crippen LogP contribution is -1.88. The predicted molar refractivity (Wildman–Crippen MR) is 75.3 cm³/mol. The second-order valence-electron chi connectivity index (χ2n) is 4.11. The summed E-state index contributed by atoms with van der Waals surface area (Å²) in [5.41, 5.74) is 0.547. The van der Waals surface area contributed by atoms with E-state index in [1.807, 2.05) is 36.4 Å². The second-order valence-corrected chi connectivity index (χ2v) is 4.73. The van der Waals surface area contributed by atoms with E-state index in [1.54, 1.807) is 6.07 Å². The smallest absolute Gasteiger partial charge is 0.151 e. The minimum absolute atomic E-state index is 0.547. The average Bonchev–Trinajstić information content (AvgIpc) is 2.43. The molecule has 3 aromatic carbocycles. The molecule has 0 aliphatic carbocycles. The number of carbonyl (C=O) groups excluding carboxylic acids is 1. The zero-order valence-corrected chi connectivity index (χ0v) is 10.3. The topological polar surface area (TPSA) is 37.3 Å². The molecular weight excluding hydrogens is 244 g/mol. The van der Waals surface area contributed by atoms with E-state index in [2.05, 4.69) is 6.07 Å². The Labute approximate surface area is 108 Å². The third-order valence-electron chi connectivity index (χ3n) is 3.10. The van der Waals surface area contributed by atoms with Crippen LogP contribution < -0.4 is 0 Å². The van der Waals surface area contributed by atoms with Gasteiger partial charge in [0.2, 0.25) is 0 Å². The van der Waals surface area contributed by atoms with E-state index in [9.17, 15) is 9.35 Å². The lowest BCUT2D eigenvalue weighted by molar-refractivity contribution is 0.112. The number of benzene rings is 3. The minimum atomic E-state index is 0.547. The van der Waals surface area contributed by atoms with Gasteiger partial charge in [0.1, 0.15) is 0 Å². The van der Waals surface area contributed by atoms with Crippen LogP contribution in [0.4, 0.5) is 0 Å². The Kier molecular flexibility index (Phi) is 2.78. The Morgan fingerprint density at radius 2 is 1.67 bits per heavy atom. The fourth-order valence-electron chi connectivity index (χ4n) is 2.22. The number of hydrogen-bond acceptors (Lipinski definition) is 3. The number of carbonyl (C=O) groups is 1. The molecule has 3 heteroatoms. The maximum absolute atomic E-state index is 11.2. The molecule has 0 bridgehead atoms. The summed E-state index contributed by atoms with van der Waals surface area (Å²) in [5, 5.41) is 4.12. The molecule has 88 valence electrons. The summed E-state index contributed by atoms with van der Waals surface area (Å²) in [4.78, 5) is 11.8. The van der Waals surface area contributed by atoms with E-state index >= 15 is 0 Å². The molecule has 2 nitrogen and oxygen atoms in total. The predicted octanol–water partition coefficient (Wildman–Crippen LogP) is 4.37. The summed E-state index contributed by atoms with van der Waals surface area (Å²) in [7, 11) is 0. The first-order valence-corrected chi connectivity index (χ1v) is 6.33. The van der Waals surface area contributed by atoms with Crippen molar-refractivity contribution in [3.05, 3.63) is 54.1 Å². The van der Waals surface area contributed by atoms with Crippen LogP contribution in [0.15, 0.2) is 53.4 Å². The molecule has 3 rings (SSSR count). The maximum Gasteiger partial charge on any atom is 0.151 e. The summed E-state index contributed by atoms with van der Waals surface area (Å²) in [5.74, 6) is 0. The maximum atomic E-state index is 11.2. The van der Waals surface area contributed by atoms with Crippen molar-refractivity contribution >= 4 is 39.9 Å². The van der Waals surface area contributed by atoms with E-state index in [4.69, 9.17) is 0 Å². The van der Waals surface area contributed by atoms with Crippen LogP contribution in [0.5, 0.6) is 0 Å². The van der Waals surface area contributed by atoms with Gasteiger partial charge >= 0.3 is 0 Å².